The van der Waals surface area contributed by atoms with Crippen LogP contribution in [0.25, 0.3) is 11.1 Å². The maximum atomic E-state index is 12.8. The summed E-state index contributed by atoms with van der Waals surface area (Å²) in [6.45, 7) is 0. The van der Waals surface area contributed by atoms with Gasteiger partial charge in [-0.05, 0) is 58.0 Å². The van der Waals surface area contributed by atoms with E-state index in [-0.39, 0.29) is 3.57 Å². The average Bonchev–Trinajstić information content (AvgIpc) is 2.26. The van der Waals surface area contributed by atoms with Crippen molar-refractivity contribution in [2.45, 2.75) is 6.18 Å². The summed E-state index contributed by atoms with van der Waals surface area (Å²) >= 11 is 13.4. The highest BCUT2D eigenvalue weighted by molar-refractivity contribution is 14.1. The van der Waals surface area contributed by atoms with Gasteiger partial charge in [0, 0.05) is 13.6 Å². The second-order valence-electron chi connectivity index (χ2n) is 3.82. The molecule has 0 amide bonds. The molecule has 0 heterocycles. The summed E-state index contributed by atoms with van der Waals surface area (Å²) in [7, 11) is 0. The highest BCUT2D eigenvalue weighted by Gasteiger charge is 2.33. The summed E-state index contributed by atoms with van der Waals surface area (Å²) in [5.74, 6) is 0. The topological polar surface area (TPSA) is 0 Å². The van der Waals surface area contributed by atoms with E-state index < -0.39 is 11.7 Å². The number of rotatable bonds is 1. The molecular formula is C13H6Cl2F3I. The van der Waals surface area contributed by atoms with E-state index in [4.69, 9.17) is 23.2 Å². The van der Waals surface area contributed by atoms with Crippen LogP contribution in [0.1, 0.15) is 5.56 Å². The lowest BCUT2D eigenvalue weighted by Crippen LogP contribution is -2.08. The molecule has 6 heteroatoms. The molecule has 19 heavy (non-hydrogen) atoms. The Morgan fingerprint density at radius 1 is 0.947 bits per heavy atom. The molecule has 100 valence electrons. The Morgan fingerprint density at radius 2 is 1.53 bits per heavy atom. The molecule has 0 saturated carbocycles. The first-order valence-corrected chi connectivity index (χ1v) is 6.94. The third kappa shape index (κ3) is 3.35. The van der Waals surface area contributed by atoms with Crippen molar-refractivity contribution in [3.8, 4) is 11.1 Å². The van der Waals surface area contributed by atoms with E-state index in [1.807, 2.05) is 0 Å². The van der Waals surface area contributed by atoms with Crippen molar-refractivity contribution in [1.29, 1.82) is 0 Å². The van der Waals surface area contributed by atoms with Gasteiger partial charge in [-0.2, -0.15) is 13.2 Å². The molecule has 0 aliphatic rings. The fourth-order valence-electron chi connectivity index (χ4n) is 1.68. The largest absolute Gasteiger partial charge is 0.417 e. The number of hydrogen-bond acceptors (Lipinski definition) is 0. The third-order valence-electron chi connectivity index (χ3n) is 2.48. The van der Waals surface area contributed by atoms with Crippen LogP contribution in [-0.4, -0.2) is 0 Å². The van der Waals surface area contributed by atoms with E-state index in [0.29, 0.717) is 21.2 Å². The van der Waals surface area contributed by atoms with Crippen molar-refractivity contribution in [1.82, 2.24) is 0 Å². The normalized spacial score (nSPS) is 11.7. The summed E-state index contributed by atoms with van der Waals surface area (Å²) in [4.78, 5) is 0. The predicted molar refractivity (Wildman–Crippen MR) is 79.6 cm³/mol. The first-order valence-electron chi connectivity index (χ1n) is 5.11. The second kappa shape index (κ2) is 5.50. The van der Waals surface area contributed by atoms with Gasteiger partial charge in [0.2, 0.25) is 0 Å². The molecule has 0 aromatic heterocycles. The van der Waals surface area contributed by atoms with Crippen molar-refractivity contribution < 1.29 is 13.2 Å². The molecule has 0 fully saturated rings. The zero-order valence-electron chi connectivity index (χ0n) is 9.23. The molecule has 0 atom stereocenters. The molecular weight excluding hydrogens is 411 g/mol. The van der Waals surface area contributed by atoms with Gasteiger partial charge >= 0.3 is 6.18 Å². The zero-order chi connectivity index (χ0) is 14.2. The van der Waals surface area contributed by atoms with Gasteiger partial charge in [0.15, 0.2) is 0 Å². The molecule has 0 spiro atoms. The maximum Gasteiger partial charge on any atom is 0.417 e. The Morgan fingerprint density at radius 3 is 2.05 bits per heavy atom. The number of benzene rings is 2. The maximum absolute atomic E-state index is 12.8. The molecule has 0 radical (unpaired) electrons. The monoisotopic (exact) mass is 416 g/mol. The van der Waals surface area contributed by atoms with Gasteiger partial charge in [-0.25, -0.2) is 0 Å². The van der Waals surface area contributed by atoms with Crippen LogP contribution in [-0.2, 0) is 6.18 Å². The van der Waals surface area contributed by atoms with E-state index in [1.54, 1.807) is 40.8 Å². The first-order chi connectivity index (χ1) is 8.79. The highest BCUT2D eigenvalue weighted by Crippen LogP contribution is 2.38. The Bertz CT molecular complexity index is 604. The molecule has 0 unspecified atom stereocenters. The van der Waals surface area contributed by atoms with Gasteiger partial charge in [0.25, 0.3) is 0 Å². The lowest BCUT2D eigenvalue weighted by Gasteiger charge is -2.13. The lowest BCUT2D eigenvalue weighted by molar-refractivity contribution is -0.138. The summed E-state index contributed by atoms with van der Waals surface area (Å²) in [5.41, 5.74) is 0.356. The number of alkyl halides is 3. The van der Waals surface area contributed by atoms with Crippen LogP contribution in [0.2, 0.25) is 10.0 Å². The molecule has 0 bridgehead atoms. The Hall–Kier alpha value is -0.460. The standard InChI is InChI=1S/C13H6Cl2F3I/c14-8-4-7(5-9(15)6-8)10-2-1-3-11(12(10)19)13(16,17)18/h1-6H. The van der Waals surface area contributed by atoms with E-state index in [2.05, 4.69) is 0 Å². The second-order valence-corrected chi connectivity index (χ2v) is 5.77. The van der Waals surface area contributed by atoms with Crippen LogP contribution in [0, 0.1) is 3.57 Å². The van der Waals surface area contributed by atoms with Gasteiger partial charge in [-0.1, -0.05) is 35.3 Å². The third-order valence-corrected chi connectivity index (χ3v) is 4.08. The highest BCUT2D eigenvalue weighted by atomic mass is 127. The first kappa shape index (κ1) is 14.9. The lowest BCUT2D eigenvalue weighted by atomic mass is 10.0. The summed E-state index contributed by atoms with van der Waals surface area (Å²) in [6.07, 6.45) is -4.38. The van der Waals surface area contributed by atoms with Crippen LogP contribution in [0.4, 0.5) is 13.2 Å². The molecule has 2 aromatic carbocycles. The van der Waals surface area contributed by atoms with E-state index >= 15 is 0 Å². The fourth-order valence-corrected chi connectivity index (χ4v) is 3.19. The Labute approximate surface area is 131 Å². The SMILES string of the molecule is FC(F)(F)c1cccc(-c2cc(Cl)cc(Cl)c2)c1I. The number of hydrogen-bond donors (Lipinski definition) is 0. The molecule has 0 aliphatic carbocycles. The van der Waals surface area contributed by atoms with Crippen molar-refractivity contribution in [2.75, 3.05) is 0 Å². The molecule has 0 aliphatic heterocycles. The van der Waals surface area contributed by atoms with Crippen LogP contribution < -0.4 is 0 Å². The van der Waals surface area contributed by atoms with Gasteiger partial charge in [-0.3, -0.25) is 0 Å². The van der Waals surface area contributed by atoms with Crippen molar-refractivity contribution in [2.24, 2.45) is 0 Å². The quantitative estimate of drug-likeness (QED) is 0.479. The van der Waals surface area contributed by atoms with E-state index in [0.717, 1.165) is 6.07 Å². The zero-order valence-corrected chi connectivity index (χ0v) is 12.9. The summed E-state index contributed by atoms with van der Waals surface area (Å²) in [5, 5.41) is 0.770. The molecule has 2 aromatic rings. The van der Waals surface area contributed by atoms with Gasteiger partial charge in [-0.15, -0.1) is 0 Å². The van der Waals surface area contributed by atoms with Crippen LogP contribution >= 0.6 is 45.8 Å². The molecule has 0 N–H and O–H groups in total. The number of halogens is 6. The average molecular weight is 417 g/mol. The minimum Gasteiger partial charge on any atom is -0.166 e. The predicted octanol–water partition coefficient (Wildman–Crippen LogP) is 6.28. The summed E-state index contributed by atoms with van der Waals surface area (Å²) in [6, 6.07) is 8.74. The van der Waals surface area contributed by atoms with Gasteiger partial charge in [0.05, 0.1) is 5.56 Å². The minimum absolute atomic E-state index is 0.130. The van der Waals surface area contributed by atoms with Crippen LogP contribution in [0.3, 0.4) is 0 Å². The minimum atomic E-state index is -4.38. The fraction of sp³-hybridized carbons (Fsp3) is 0.0769. The molecule has 2 rings (SSSR count). The summed E-state index contributed by atoms with van der Waals surface area (Å²) < 4.78 is 38.7. The van der Waals surface area contributed by atoms with Crippen LogP contribution in [0.15, 0.2) is 36.4 Å². The van der Waals surface area contributed by atoms with Gasteiger partial charge < -0.3 is 0 Å². The van der Waals surface area contributed by atoms with Crippen molar-refractivity contribution >= 4 is 45.8 Å². The molecule has 0 nitrogen and oxygen atoms in total. The van der Waals surface area contributed by atoms with E-state index in [9.17, 15) is 13.2 Å². The smallest absolute Gasteiger partial charge is 0.166 e. The van der Waals surface area contributed by atoms with Crippen LogP contribution in [0.5, 0.6) is 0 Å². The van der Waals surface area contributed by atoms with Crippen molar-refractivity contribution in [3.63, 3.8) is 0 Å². The van der Waals surface area contributed by atoms with Crippen molar-refractivity contribution in [3.05, 3.63) is 55.6 Å². The van der Waals surface area contributed by atoms with E-state index in [1.165, 1.54) is 12.1 Å². The van der Waals surface area contributed by atoms with Gasteiger partial charge in [0.1, 0.15) is 0 Å². The molecule has 0 saturated heterocycles. The Kier molecular flexibility index (Phi) is 4.32. The Balaban J connectivity index is 2.63.